The Balaban J connectivity index is 2.78. The van der Waals surface area contributed by atoms with Gasteiger partial charge in [0.05, 0.1) is 5.54 Å². The van der Waals surface area contributed by atoms with Gasteiger partial charge >= 0.3 is 0 Å². The van der Waals surface area contributed by atoms with Crippen LogP contribution in [-0.2, 0) is 0 Å². The third-order valence-electron chi connectivity index (χ3n) is 1.51. The van der Waals surface area contributed by atoms with Crippen molar-refractivity contribution in [3.05, 3.63) is 0 Å². The van der Waals surface area contributed by atoms with Crippen molar-refractivity contribution in [3.63, 3.8) is 0 Å². The van der Waals surface area contributed by atoms with Crippen LogP contribution in [0.15, 0.2) is 9.98 Å². The topological polar surface area (TPSA) is 24.7 Å². The molecule has 0 aromatic rings. The Morgan fingerprint density at radius 2 is 2.44 bits per heavy atom. The van der Waals surface area contributed by atoms with Gasteiger partial charge in [-0.2, -0.15) is 0 Å². The molecule has 0 fully saturated rings. The summed E-state index contributed by atoms with van der Waals surface area (Å²) in [6.07, 6.45) is 2.74. The first-order valence-corrected chi connectivity index (χ1v) is 3.35. The van der Waals surface area contributed by atoms with Gasteiger partial charge in [0.2, 0.25) is 5.29 Å². The zero-order valence-corrected chi connectivity index (χ0v) is 6.31. The van der Waals surface area contributed by atoms with E-state index in [1.165, 1.54) is 0 Å². The minimum Gasteiger partial charge on any atom is -0.244 e. The molecule has 0 radical (unpaired) electrons. The second kappa shape index (κ2) is 2.10. The van der Waals surface area contributed by atoms with Crippen LogP contribution in [0.25, 0.3) is 0 Å². The Labute approximate surface area is 59.7 Å². The summed E-state index contributed by atoms with van der Waals surface area (Å²) in [5, 5.41) is 0.374. The highest BCUT2D eigenvalue weighted by molar-refractivity contribution is 6.66. The van der Waals surface area contributed by atoms with Crippen LogP contribution < -0.4 is 0 Å². The van der Waals surface area contributed by atoms with Crippen LogP contribution in [0.5, 0.6) is 0 Å². The SMILES string of the molecule is CCC1(C)C=NC(Cl)=N1. The van der Waals surface area contributed by atoms with E-state index < -0.39 is 0 Å². The number of hydrogen-bond donors (Lipinski definition) is 0. The van der Waals surface area contributed by atoms with E-state index in [-0.39, 0.29) is 5.54 Å². The maximum absolute atomic E-state index is 5.53. The number of amidine groups is 1. The van der Waals surface area contributed by atoms with Gasteiger partial charge in [-0.05, 0) is 24.9 Å². The summed E-state index contributed by atoms with van der Waals surface area (Å²) < 4.78 is 0. The van der Waals surface area contributed by atoms with Crippen LogP contribution in [0.3, 0.4) is 0 Å². The van der Waals surface area contributed by atoms with Crippen molar-refractivity contribution in [2.45, 2.75) is 25.8 Å². The highest BCUT2D eigenvalue weighted by Crippen LogP contribution is 2.18. The number of hydrogen-bond acceptors (Lipinski definition) is 2. The van der Waals surface area contributed by atoms with Gasteiger partial charge in [0.15, 0.2) is 0 Å². The molecular formula is C6H9ClN2. The smallest absolute Gasteiger partial charge is 0.218 e. The van der Waals surface area contributed by atoms with Crippen molar-refractivity contribution >= 4 is 23.1 Å². The lowest BCUT2D eigenvalue weighted by Gasteiger charge is -2.11. The van der Waals surface area contributed by atoms with Crippen LogP contribution >= 0.6 is 11.6 Å². The van der Waals surface area contributed by atoms with E-state index in [9.17, 15) is 0 Å². The van der Waals surface area contributed by atoms with Gasteiger partial charge in [-0.3, -0.25) is 0 Å². The van der Waals surface area contributed by atoms with Gasteiger partial charge in [0.1, 0.15) is 0 Å². The lowest BCUT2D eigenvalue weighted by molar-refractivity contribution is 0.628. The molecule has 0 N–H and O–H groups in total. The van der Waals surface area contributed by atoms with Crippen molar-refractivity contribution in [3.8, 4) is 0 Å². The van der Waals surface area contributed by atoms with Crippen molar-refractivity contribution in [2.75, 3.05) is 0 Å². The maximum Gasteiger partial charge on any atom is 0.218 e. The van der Waals surface area contributed by atoms with Crippen LogP contribution in [-0.4, -0.2) is 17.0 Å². The third kappa shape index (κ3) is 1.30. The minimum atomic E-state index is -0.128. The van der Waals surface area contributed by atoms with Crippen LogP contribution in [0, 0.1) is 0 Å². The maximum atomic E-state index is 5.53. The number of aliphatic imine (C=N–C) groups is 2. The third-order valence-corrected chi connectivity index (χ3v) is 1.69. The molecule has 50 valence electrons. The summed E-state index contributed by atoms with van der Waals surface area (Å²) in [5.41, 5.74) is -0.128. The standard InChI is InChI=1S/C6H9ClN2/c1-3-6(2)4-8-5(7)9-6/h4H,3H2,1-2H3. The molecule has 0 saturated carbocycles. The van der Waals surface area contributed by atoms with Gasteiger partial charge in [-0.15, -0.1) is 0 Å². The van der Waals surface area contributed by atoms with E-state index in [2.05, 4.69) is 16.9 Å². The largest absolute Gasteiger partial charge is 0.244 e. The monoisotopic (exact) mass is 144 g/mol. The summed E-state index contributed by atoms with van der Waals surface area (Å²) >= 11 is 5.53. The molecule has 1 atom stereocenters. The predicted molar refractivity (Wildman–Crippen MR) is 40.5 cm³/mol. The molecule has 0 saturated heterocycles. The van der Waals surface area contributed by atoms with Crippen LogP contribution in [0.1, 0.15) is 20.3 Å². The van der Waals surface area contributed by atoms with Gasteiger partial charge in [0.25, 0.3) is 0 Å². The van der Waals surface area contributed by atoms with E-state index in [0.717, 1.165) is 6.42 Å². The van der Waals surface area contributed by atoms with E-state index in [4.69, 9.17) is 11.6 Å². The van der Waals surface area contributed by atoms with Gasteiger partial charge in [-0.25, -0.2) is 9.98 Å². The van der Waals surface area contributed by atoms with Crippen molar-refractivity contribution in [1.29, 1.82) is 0 Å². The quantitative estimate of drug-likeness (QED) is 0.502. The van der Waals surface area contributed by atoms with E-state index >= 15 is 0 Å². The molecular weight excluding hydrogens is 136 g/mol. The lowest BCUT2D eigenvalue weighted by atomic mass is 10.0. The molecule has 0 bridgehead atoms. The molecule has 1 unspecified atom stereocenters. The summed E-state index contributed by atoms with van der Waals surface area (Å²) in [7, 11) is 0. The Morgan fingerprint density at radius 3 is 2.67 bits per heavy atom. The molecule has 9 heavy (non-hydrogen) atoms. The molecule has 0 aliphatic carbocycles. The van der Waals surface area contributed by atoms with Crippen LogP contribution in [0.2, 0.25) is 0 Å². The predicted octanol–water partition coefficient (Wildman–Crippen LogP) is 1.83. The number of halogens is 1. The average molecular weight is 145 g/mol. The van der Waals surface area contributed by atoms with E-state index in [0.29, 0.717) is 5.29 Å². The summed E-state index contributed by atoms with van der Waals surface area (Å²) in [6, 6.07) is 0. The fourth-order valence-corrected chi connectivity index (χ4v) is 0.873. The van der Waals surface area contributed by atoms with Crippen molar-refractivity contribution in [2.24, 2.45) is 9.98 Å². The number of rotatable bonds is 1. The van der Waals surface area contributed by atoms with Gasteiger partial charge in [0, 0.05) is 6.21 Å². The molecule has 0 amide bonds. The lowest BCUT2D eigenvalue weighted by Crippen LogP contribution is -2.19. The average Bonchev–Trinajstić information content (AvgIpc) is 2.13. The molecule has 1 heterocycles. The first-order valence-electron chi connectivity index (χ1n) is 2.97. The summed E-state index contributed by atoms with van der Waals surface area (Å²) in [5.74, 6) is 0. The fourth-order valence-electron chi connectivity index (χ4n) is 0.631. The summed E-state index contributed by atoms with van der Waals surface area (Å²) in [6.45, 7) is 4.07. The fraction of sp³-hybridized carbons (Fsp3) is 0.667. The van der Waals surface area contributed by atoms with E-state index in [1.807, 2.05) is 6.92 Å². The van der Waals surface area contributed by atoms with Crippen LogP contribution in [0.4, 0.5) is 0 Å². The summed E-state index contributed by atoms with van der Waals surface area (Å²) in [4.78, 5) is 7.95. The highest BCUT2D eigenvalue weighted by atomic mass is 35.5. The first kappa shape index (κ1) is 6.75. The Hall–Kier alpha value is -0.370. The molecule has 0 aromatic carbocycles. The zero-order valence-electron chi connectivity index (χ0n) is 5.56. The Kier molecular flexibility index (Phi) is 1.58. The van der Waals surface area contributed by atoms with Crippen molar-refractivity contribution < 1.29 is 0 Å². The molecule has 0 aromatic heterocycles. The molecule has 0 spiro atoms. The minimum absolute atomic E-state index is 0.128. The van der Waals surface area contributed by atoms with E-state index in [1.54, 1.807) is 6.21 Å². The Morgan fingerprint density at radius 1 is 1.78 bits per heavy atom. The molecule has 1 aliphatic heterocycles. The molecule has 1 aliphatic rings. The molecule has 3 heteroatoms. The van der Waals surface area contributed by atoms with Crippen molar-refractivity contribution in [1.82, 2.24) is 0 Å². The Bertz CT molecular complexity index is 174. The molecule has 1 rings (SSSR count). The highest BCUT2D eigenvalue weighted by Gasteiger charge is 2.22. The normalized spacial score (nSPS) is 33.0. The van der Waals surface area contributed by atoms with Gasteiger partial charge in [-0.1, -0.05) is 6.92 Å². The zero-order chi connectivity index (χ0) is 6.91. The second-order valence-electron chi connectivity index (χ2n) is 2.35. The molecule has 2 nitrogen and oxygen atoms in total. The number of nitrogens with zero attached hydrogens (tertiary/aromatic N) is 2. The first-order chi connectivity index (χ1) is 4.16. The second-order valence-corrected chi connectivity index (χ2v) is 2.69. The van der Waals surface area contributed by atoms with Gasteiger partial charge < -0.3 is 0 Å².